The summed E-state index contributed by atoms with van der Waals surface area (Å²) in [7, 11) is 0. The van der Waals surface area contributed by atoms with E-state index < -0.39 is 0 Å². The fourth-order valence-electron chi connectivity index (χ4n) is 1.82. The molecule has 0 atom stereocenters. The SMILES string of the molecule is CCCNc1nc(-c2cccn(C(C)C)c2=O)cs1. The predicted octanol–water partition coefficient (Wildman–Crippen LogP) is 3.37. The summed E-state index contributed by atoms with van der Waals surface area (Å²) in [5.41, 5.74) is 1.44. The van der Waals surface area contributed by atoms with E-state index in [0.29, 0.717) is 5.56 Å². The fourth-order valence-corrected chi connectivity index (χ4v) is 2.56. The van der Waals surface area contributed by atoms with Gasteiger partial charge in [0.25, 0.3) is 5.56 Å². The Morgan fingerprint density at radius 3 is 2.95 bits per heavy atom. The van der Waals surface area contributed by atoms with Crippen LogP contribution in [0.1, 0.15) is 33.2 Å². The van der Waals surface area contributed by atoms with Gasteiger partial charge in [-0.1, -0.05) is 6.92 Å². The van der Waals surface area contributed by atoms with Crippen LogP contribution in [0.2, 0.25) is 0 Å². The van der Waals surface area contributed by atoms with Crippen LogP contribution in [0.15, 0.2) is 28.5 Å². The summed E-state index contributed by atoms with van der Waals surface area (Å²) in [6.45, 7) is 7.01. The summed E-state index contributed by atoms with van der Waals surface area (Å²) < 4.78 is 1.73. The van der Waals surface area contributed by atoms with Crippen LogP contribution in [-0.2, 0) is 0 Å². The maximum absolute atomic E-state index is 12.3. The molecule has 0 radical (unpaired) electrons. The zero-order chi connectivity index (χ0) is 13.8. The van der Waals surface area contributed by atoms with Gasteiger partial charge >= 0.3 is 0 Å². The zero-order valence-corrected chi connectivity index (χ0v) is 12.3. The third-order valence-corrected chi connectivity index (χ3v) is 3.64. The first-order valence-electron chi connectivity index (χ1n) is 6.54. The first-order chi connectivity index (χ1) is 9.13. The van der Waals surface area contributed by atoms with Gasteiger partial charge in [0.05, 0.1) is 11.3 Å². The van der Waals surface area contributed by atoms with E-state index >= 15 is 0 Å². The second-order valence-corrected chi connectivity index (χ2v) is 5.55. The molecule has 0 aliphatic rings. The lowest BCUT2D eigenvalue weighted by molar-refractivity contribution is 0.579. The summed E-state index contributed by atoms with van der Waals surface area (Å²) in [5.74, 6) is 0. The molecule has 0 saturated heterocycles. The lowest BCUT2D eigenvalue weighted by Crippen LogP contribution is -2.22. The van der Waals surface area contributed by atoms with Gasteiger partial charge in [-0.3, -0.25) is 4.79 Å². The van der Waals surface area contributed by atoms with E-state index in [1.165, 1.54) is 11.3 Å². The number of rotatable bonds is 5. The molecule has 0 saturated carbocycles. The second-order valence-electron chi connectivity index (χ2n) is 4.69. The molecule has 0 aliphatic carbocycles. The van der Waals surface area contributed by atoms with Gasteiger partial charge in [0.2, 0.25) is 0 Å². The van der Waals surface area contributed by atoms with Crippen LogP contribution < -0.4 is 10.9 Å². The predicted molar refractivity (Wildman–Crippen MR) is 81.0 cm³/mol. The molecule has 0 aromatic carbocycles. The molecule has 2 aromatic heterocycles. The van der Waals surface area contributed by atoms with E-state index in [0.717, 1.165) is 23.8 Å². The smallest absolute Gasteiger partial charge is 0.260 e. The van der Waals surface area contributed by atoms with Crippen LogP contribution >= 0.6 is 11.3 Å². The first kappa shape index (κ1) is 13.8. The minimum atomic E-state index is 0.0184. The molecule has 2 rings (SSSR count). The van der Waals surface area contributed by atoms with Crippen LogP contribution in [0.4, 0.5) is 5.13 Å². The van der Waals surface area contributed by atoms with Gasteiger partial charge in [0.1, 0.15) is 0 Å². The average Bonchev–Trinajstić information content (AvgIpc) is 2.84. The molecule has 0 spiro atoms. The monoisotopic (exact) mass is 277 g/mol. The molecule has 4 nitrogen and oxygen atoms in total. The van der Waals surface area contributed by atoms with Crippen molar-refractivity contribution in [3.63, 3.8) is 0 Å². The highest BCUT2D eigenvalue weighted by Crippen LogP contribution is 2.22. The molecule has 0 amide bonds. The third-order valence-electron chi connectivity index (χ3n) is 2.84. The Labute approximate surface area is 117 Å². The molecule has 19 heavy (non-hydrogen) atoms. The molecular formula is C14H19N3OS. The maximum Gasteiger partial charge on any atom is 0.260 e. The lowest BCUT2D eigenvalue weighted by atomic mass is 10.2. The van der Waals surface area contributed by atoms with Crippen LogP contribution in [0.5, 0.6) is 0 Å². The number of nitrogens with zero attached hydrogens (tertiary/aromatic N) is 2. The number of thiazole rings is 1. The van der Waals surface area contributed by atoms with Gasteiger partial charge in [-0.15, -0.1) is 11.3 Å². The molecule has 0 unspecified atom stereocenters. The minimum absolute atomic E-state index is 0.0184. The Kier molecular flexibility index (Phi) is 4.37. The summed E-state index contributed by atoms with van der Waals surface area (Å²) in [6.07, 6.45) is 2.87. The van der Waals surface area contributed by atoms with Crippen molar-refractivity contribution in [1.82, 2.24) is 9.55 Å². The molecule has 0 fully saturated rings. The van der Waals surface area contributed by atoms with E-state index in [1.807, 2.05) is 37.6 Å². The Morgan fingerprint density at radius 2 is 2.26 bits per heavy atom. The molecule has 5 heteroatoms. The molecule has 1 N–H and O–H groups in total. The van der Waals surface area contributed by atoms with Crippen molar-refractivity contribution in [3.8, 4) is 11.3 Å². The third kappa shape index (κ3) is 3.04. The maximum atomic E-state index is 12.3. The van der Waals surface area contributed by atoms with Crippen LogP contribution in [-0.4, -0.2) is 16.1 Å². The van der Waals surface area contributed by atoms with Gasteiger partial charge in [-0.25, -0.2) is 4.98 Å². The first-order valence-corrected chi connectivity index (χ1v) is 7.42. The quantitative estimate of drug-likeness (QED) is 0.911. The number of pyridine rings is 1. The Hall–Kier alpha value is -1.62. The highest BCUT2D eigenvalue weighted by Gasteiger charge is 2.11. The van der Waals surface area contributed by atoms with Gasteiger partial charge in [-0.05, 0) is 32.4 Å². The van der Waals surface area contributed by atoms with Crippen molar-refractivity contribution < 1.29 is 0 Å². The molecule has 2 aromatic rings. The standard InChI is InChI=1S/C14H19N3OS/c1-4-7-15-14-16-12(9-19-14)11-6-5-8-17(10(2)3)13(11)18/h5-6,8-10H,4,7H2,1-3H3,(H,15,16). The topological polar surface area (TPSA) is 46.9 Å². The molecular weight excluding hydrogens is 258 g/mol. The molecule has 102 valence electrons. The highest BCUT2D eigenvalue weighted by molar-refractivity contribution is 7.14. The van der Waals surface area contributed by atoms with Crippen LogP contribution in [0, 0.1) is 0 Å². The van der Waals surface area contributed by atoms with Gasteiger partial charge in [-0.2, -0.15) is 0 Å². The van der Waals surface area contributed by atoms with Crippen molar-refractivity contribution >= 4 is 16.5 Å². The van der Waals surface area contributed by atoms with Crippen LogP contribution in [0.3, 0.4) is 0 Å². The van der Waals surface area contributed by atoms with Crippen molar-refractivity contribution in [2.75, 3.05) is 11.9 Å². The number of nitrogens with one attached hydrogen (secondary N) is 1. The van der Waals surface area contributed by atoms with Crippen LogP contribution in [0.25, 0.3) is 11.3 Å². The molecule has 2 heterocycles. The van der Waals surface area contributed by atoms with E-state index in [9.17, 15) is 4.79 Å². The normalized spacial score (nSPS) is 10.9. The van der Waals surface area contributed by atoms with Crippen molar-refractivity contribution in [1.29, 1.82) is 0 Å². The Balaban J connectivity index is 2.34. The Bertz CT molecular complexity index is 601. The zero-order valence-electron chi connectivity index (χ0n) is 11.5. The largest absolute Gasteiger partial charge is 0.362 e. The van der Waals surface area contributed by atoms with Crippen molar-refractivity contribution in [2.45, 2.75) is 33.2 Å². The number of aromatic nitrogens is 2. The van der Waals surface area contributed by atoms with Crippen molar-refractivity contribution in [3.05, 3.63) is 34.1 Å². The summed E-state index contributed by atoms with van der Waals surface area (Å²) in [5, 5.41) is 6.04. The van der Waals surface area contributed by atoms with Gasteiger partial charge in [0, 0.05) is 24.2 Å². The van der Waals surface area contributed by atoms with Gasteiger partial charge < -0.3 is 9.88 Å². The summed E-state index contributed by atoms with van der Waals surface area (Å²) in [6, 6.07) is 3.89. The highest BCUT2D eigenvalue weighted by atomic mass is 32.1. The van der Waals surface area contributed by atoms with Gasteiger partial charge in [0.15, 0.2) is 5.13 Å². The minimum Gasteiger partial charge on any atom is -0.362 e. The summed E-state index contributed by atoms with van der Waals surface area (Å²) in [4.78, 5) is 16.8. The molecule has 0 aliphatic heterocycles. The van der Waals surface area contributed by atoms with E-state index in [4.69, 9.17) is 0 Å². The Morgan fingerprint density at radius 1 is 1.47 bits per heavy atom. The second kappa shape index (κ2) is 6.02. The van der Waals surface area contributed by atoms with Crippen molar-refractivity contribution in [2.24, 2.45) is 0 Å². The van der Waals surface area contributed by atoms with E-state index in [2.05, 4.69) is 17.2 Å². The fraction of sp³-hybridized carbons (Fsp3) is 0.429. The summed E-state index contributed by atoms with van der Waals surface area (Å²) >= 11 is 1.54. The number of hydrogen-bond acceptors (Lipinski definition) is 4. The number of anilines is 1. The molecule has 0 bridgehead atoms. The van der Waals surface area contributed by atoms with E-state index in [-0.39, 0.29) is 11.6 Å². The lowest BCUT2D eigenvalue weighted by Gasteiger charge is -2.10. The van der Waals surface area contributed by atoms with E-state index in [1.54, 1.807) is 4.57 Å². The number of hydrogen-bond donors (Lipinski definition) is 1. The average molecular weight is 277 g/mol.